The number of halogens is 4. The molecule has 3 heterocycles. The van der Waals surface area contributed by atoms with Crippen LogP contribution in [0, 0.1) is 7.14 Å². The van der Waals surface area contributed by atoms with Gasteiger partial charge in [0.1, 0.15) is 26.5 Å². The van der Waals surface area contributed by atoms with Crippen molar-refractivity contribution in [3.8, 4) is 22.6 Å². The highest BCUT2D eigenvalue weighted by atomic mass is 127. The van der Waals surface area contributed by atoms with E-state index in [9.17, 15) is 0 Å². The Kier molecular flexibility index (Phi) is 16.9. The smallest absolute Gasteiger partial charge is 0.492 e. The molecule has 0 atom stereocenters. The molecule has 0 fully saturated rings. The third-order valence-corrected chi connectivity index (χ3v) is 7.22. The van der Waals surface area contributed by atoms with Crippen molar-refractivity contribution in [3.05, 3.63) is 120 Å². The molecule has 42 heavy (non-hydrogen) atoms. The molecule has 8 nitrogen and oxygen atoms in total. The number of methoxy groups -OCH3 is 2. The largest absolute Gasteiger partial charge is 0.497 e. The molecule has 218 valence electrons. The van der Waals surface area contributed by atoms with Crippen LogP contribution in [0.15, 0.2) is 113 Å². The average Bonchev–Trinajstić information content (AvgIpc) is 3.01. The van der Waals surface area contributed by atoms with Gasteiger partial charge in [-0.2, -0.15) is 0 Å². The summed E-state index contributed by atoms with van der Waals surface area (Å²) in [4.78, 5) is 12.0. The maximum Gasteiger partial charge on any atom is 0.492 e. The Hall–Kier alpha value is -2.31. The van der Waals surface area contributed by atoms with Crippen molar-refractivity contribution in [3.63, 3.8) is 0 Å². The number of pyridine rings is 3. The van der Waals surface area contributed by atoms with Crippen molar-refractivity contribution in [2.24, 2.45) is 0 Å². The van der Waals surface area contributed by atoms with Crippen LogP contribution >= 0.6 is 77.0 Å². The highest BCUT2D eigenvalue weighted by Crippen LogP contribution is 2.29. The van der Waals surface area contributed by atoms with Gasteiger partial charge in [0.25, 0.3) is 0 Å². The van der Waals surface area contributed by atoms with E-state index in [1.165, 1.54) is 7.11 Å². The minimum absolute atomic E-state index is 0.384. The second kappa shape index (κ2) is 19.8. The minimum atomic E-state index is -1.47. The van der Waals surface area contributed by atoms with Crippen LogP contribution < -0.4 is 20.7 Å². The lowest BCUT2D eigenvalue weighted by atomic mass is 9.80. The summed E-state index contributed by atoms with van der Waals surface area (Å²) < 4.78 is 14.2. The number of nitrogens with zero attached hydrogens (tertiary/aromatic N) is 3. The number of hydrogen-bond donors (Lipinski definition) is 3. The Morgan fingerprint density at radius 1 is 0.667 bits per heavy atom. The lowest BCUT2D eigenvalue weighted by Gasteiger charge is -2.07. The maximum absolute atomic E-state index is 8.81. The van der Waals surface area contributed by atoms with E-state index in [4.69, 9.17) is 25.3 Å². The molecule has 13 heteroatoms. The zero-order valence-corrected chi connectivity index (χ0v) is 30.0. The molecule has 0 spiro atoms. The van der Waals surface area contributed by atoms with Gasteiger partial charge in [0.05, 0.1) is 14.2 Å². The number of anilines is 1. The van der Waals surface area contributed by atoms with E-state index < -0.39 is 7.12 Å². The Morgan fingerprint density at radius 2 is 1.19 bits per heavy atom. The van der Waals surface area contributed by atoms with Crippen molar-refractivity contribution >= 4 is 95.4 Å². The van der Waals surface area contributed by atoms with Crippen molar-refractivity contribution in [2.75, 3.05) is 20.0 Å². The third kappa shape index (κ3) is 13.3. The van der Waals surface area contributed by atoms with Gasteiger partial charge >= 0.3 is 7.12 Å². The predicted octanol–water partition coefficient (Wildman–Crippen LogP) is 6.61. The van der Waals surface area contributed by atoms with Gasteiger partial charge in [0.15, 0.2) is 0 Å². The summed E-state index contributed by atoms with van der Waals surface area (Å²) >= 11 is 10.9. The van der Waals surface area contributed by atoms with E-state index in [0.29, 0.717) is 17.0 Å². The molecule has 5 rings (SSSR count). The third-order valence-electron chi connectivity index (χ3n) is 5.00. The van der Waals surface area contributed by atoms with Gasteiger partial charge in [-0.1, -0.05) is 42.5 Å². The average molecular weight is 920 g/mol. The monoisotopic (exact) mass is 918 g/mol. The lowest BCUT2D eigenvalue weighted by Crippen LogP contribution is -2.30. The summed E-state index contributed by atoms with van der Waals surface area (Å²) in [6, 6.07) is 26.2. The quantitative estimate of drug-likeness (QED) is 0.105. The molecule has 3 aromatic heterocycles. The number of para-hydroxylation sites is 2. The summed E-state index contributed by atoms with van der Waals surface area (Å²) in [5, 5.41) is 17.6. The van der Waals surface area contributed by atoms with Gasteiger partial charge in [0, 0.05) is 42.3 Å². The predicted molar refractivity (Wildman–Crippen MR) is 193 cm³/mol. The molecule has 5 aromatic rings. The molecule has 0 saturated carbocycles. The Morgan fingerprint density at radius 3 is 1.62 bits per heavy atom. The van der Waals surface area contributed by atoms with Gasteiger partial charge in [-0.25, -0.2) is 15.0 Å². The summed E-state index contributed by atoms with van der Waals surface area (Å²) in [7, 11) is 1.69. The standard InChI is InChI=1S/C12H10BrNO.C7H9BO3.C5H3BrIN.C5H5IN2/c1-15-11-5-3-2-4-10(11)9-6-7-12(13)14-8-9;1-11-7-5-3-2-4-6(7)8(9)10;6-5-2-1-4(7)3-8-5;6-4-1-2-5(7)8-3-4/h2-8H,1H3;2-5,9-10H,1H3;1-3H;1-3H,(H2,7,8). The van der Waals surface area contributed by atoms with Gasteiger partial charge in [0.2, 0.25) is 0 Å². The second-order valence-electron chi connectivity index (χ2n) is 7.89. The molecular formula is C29H27BBr2I2N4O4. The fourth-order valence-corrected chi connectivity index (χ4v) is 4.15. The number of aromatic nitrogens is 3. The molecular weight excluding hydrogens is 893 g/mol. The molecule has 0 radical (unpaired) electrons. The molecule has 0 aliphatic rings. The van der Waals surface area contributed by atoms with E-state index in [1.807, 2.05) is 67.0 Å². The van der Waals surface area contributed by atoms with Crippen LogP contribution in [0.25, 0.3) is 11.1 Å². The molecule has 4 N–H and O–H groups in total. The van der Waals surface area contributed by atoms with Crippen LogP contribution in [0.1, 0.15) is 0 Å². The Labute approximate surface area is 289 Å². The fraction of sp³-hybridized carbons (Fsp3) is 0.0690. The molecule has 0 saturated heterocycles. The normalized spacial score (nSPS) is 9.52. The van der Waals surface area contributed by atoms with E-state index in [2.05, 4.69) is 92.0 Å². The number of ether oxygens (including phenoxy) is 2. The van der Waals surface area contributed by atoms with Crippen LogP contribution in [0.4, 0.5) is 5.82 Å². The molecule has 0 aliphatic carbocycles. The Balaban J connectivity index is 0.000000203. The van der Waals surface area contributed by atoms with Gasteiger partial charge in [-0.05, 0) is 120 Å². The number of hydrogen-bond acceptors (Lipinski definition) is 8. The number of nitrogens with two attached hydrogens (primary N) is 1. The SMILES string of the molecule is Brc1ccc(I)cn1.COc1ccccc1-c1ccc(Br)nc1.COc1ccccc1B(O)O.Nc1ccc(I)cn1. The van der Waals surface area contributed by atoms with E-state index >= 15 is 0 Å². The highest BCUT2D eigenvalue weighted by Gasteiger charge is 2.15. The second-order valence-corrected chi connectivity index (χ2v) is 12.0. The number of benzene rings is 2. The molecule has 0 unspecified atom stereocenters. The first-order chi connectivity index (χ1) is 20.1. The first-order valence-corrected chi connectivity index (χ1v) is 15.8. The van der Waals surface area contributed by atoms with E-state index in [0.717, 1.165) is 33.2 Å². The van der Waals surface area contributed by atoms with Gasteiger partial charge in [-0.3, -0.25) is 0 Å². The first-order valence-electron chi connectivity index (χ1n) is 12.0. The van der Waals surface area contributed by atoms with Crippen molar-refractivity contribution in [1.82, 2.24) is 15.0 Å². The van der Waals surface area contributed by atoms with E-state index in [1.54, 1.807) is 43.6 Å². The van der Waals surface area contributed by atoms with Gasteiger partial charge < -0.3 is 25.3 Å². The fourth-order valence-electron chi connectivity index (χ4n) is 3.04. The van der Waals surface area contributed by atoms with Crippen molar-refractivity contribution < 1.29 is 19.5 Å². The molecule has 2 aromatic carbocycles. The first kappa shape index (κ1) is 35.9. The highest BCUT2D eigenvalue weighted by molar-refractivity contribution is 14.1. The number of nitrogen functional groups attached to an aromatic ring is 1. The Bertz CT molecular complexity index is 1400. The summed E-state index contributed by atoms with van der Waals surface area (Å²) in [5.41, 5.74) is 7.80. The van der Waals surface area contributed by atoms with E-state index in [-0.39, 0.29) is 0 Å². The summed E-state index contributed by atoms with van der Waals surface area (Å²) in [6.07, 6.45) is 5.36. The van der Waals surface area contributed by atoms with Crippen LogP contribution in [0.3, 0.4) is 0 Å². The molecule has 0 aliphatic heterocycles. The molecule has 0 bridgehead atoms. The van der Waals surface area contributed by atoms with Crippen molar-refractivity contribution in [2.45, 2.75) is 0 Å². The zero-order valence-electron chi connectivity index (χ0n) is 22.5. The molecule has 0 amide bonds. The topological polar surface area (TPSA) is 124 Å². The van der Waals surface area contributed by atoms with Crippen LogP contribution in [0.2, 0.25) is 0 Å². The zero-order chi connectivity index (χ0) is 30.9. The summed E-state index contributed by atoms with van der Waals surface area (Å²) in [6.45, 7) is 0. The van der Waals surface area contributed by atoms with Crippen molar-refractivity contribution in [1.29, 1.82) is 0 Å². The van der Waals surface area contributed by atoms with Gasteiger partial charge in [-0.15, -0.1) is 0 Å². The van der Waals surface area contributed by atoms with Crippen LogP contribution in [0.5, 0.6) is 11.5 Å². The number of rotatable bonds is 4. The minimum Gasteiger partial charge on any atom is -0.497 e. The summed E-state index contributed by atoms with van der Waals surface area (Å²) in [5.74, 6) is 1.93. The lowest BCUT2D eigenvalue weighted by molar-refractivity contribution is 0.403. The maximum atomic E-state index is 8.81. The van der Waals surface area contributed by atoms with Crippen LogP contribution in [-0.4, -0.2) is 46.3 Å². The van der Waals surface area contributed by atoms with Crippen LogP contribution in [-0.2, 0) is 0 Å².